The molecule has 0 aliphatic heterocycles. The van der Waals surface area contributed by atoms with Crippen LogP contribution in [0.4, 0.5) is 0 Å². The van der Waals surface area contributed by atoms with E-state index in [2.05, 4.69) is 88.4 Å². The lowest BCUT2D eigenvalue weighted by atomic mass is 9.62. The quantitative estimate of drug-likeness (QED) is 0.191. The number of para-hydroxylation sites is 2. The van der Waals surface area contributed by atoms with Crippen LogP contribution in [0.5, 0.6) is 0 Å². The molecule has 10 rings (SSSR count). The van der Waals surface area contributed by atoms with E-state index in [1.807, 2.05) is 66.7 Å². The third-order valence-electron chi connectivity index (χ3n) is 11.0. The molecule has 0 spiro atoms. The number of rotatable bonds is 3. The average Bonchev–Trinajstić information content (AvgIpc) is 3.79. The van der Waals surface area contributed by atoms with Crippen molar-refractivity contribution in [3.05, 3.63) is 139 Å². The number of hydrogen-bond acceptors (Lipinski definition) is 5. The van der Waals surface area contributed by atoms with Gasteiger partial charge in [0.2, 0.25) is 0 Å². The first kappa shape index (κ1) is 28.9. The van der Waals surface area contributed by atoms with Crippen LogP contribution >= 0.6 is 0 Å². The number of fused-ring (bicyclic) bond motifs is 10. The minimum Gasteiger partial charge on any atom is -0.456 e. The molecule has 9 aromatic rings. The molecule has 6 aromatic carbocycles. The maximum Gasteiger partial charge on any atom is 0.164 e. The van der Waals surface area contributed by atoms with Crippen LogP contribution in [0.1, 0.15) is 38.8 Å². The topological polar surface area (TPSA) is 65.0 Å². The molecule has 1 unspecified atom stereocenters. The van der Waals surface area contributed by atoms with Crippen molar-refractivity contribution in [2.24, 2.45) is 5.41 Å². The predicted octanol–water partition coefficient (Wildman–Crippen LogP) is 12.0. The van der Waals surface area contributed by atoms with Crippen molar-refractivity contribution < 1.29 is 8.83 Å². The molecular formula is C45H33N3O2. The second-order valence-corrected chi connectivity index (χ2v) is 14.6. The number of aromatic nitrogens is 3. The minimum absolute atomic E-state index is 0.0962. The van der Waals surface area contributed by atoms with Gasteiger partial charge < -0.3 is 8.83 Å². The Hall–Kier alpha value is -6.07. The van der Waals surface area contributed by atoms with Gasteiger partial charge in [0.05, 0.1) is 0 Å². The van der Waals surface area contributed by atoms with Gasteiger partial charge in [0.25, 0.3) is 0 Å². The molecule has 5 heteroatoms. The van der Waals surface area contributed by atoms with Gasteiger partial charge in [-0.3, -0.25) is 0 Å². The van der Waals surface area contributed by atoms with E-state index in [0.717, 1.165) is 55.2 Å². The molecule has 5 nitrogen and oxygen atoms in total. The van der Waals surface area contributed by atoms with Crippen molar-refractivity contribution in [1.82, 2.24) is 15.0 Å². The fourth-order valence-corrected chi connectivity index (χ4v) is 8.00. The predicted molar refractivity (Wildman–Crippen MR) is 202 cm³/mol. The molecule has 240 valence electrons. The van der Waals surface area contributed by atoms with Crippen LogP contribution in [0.25, 0.3) is 89.2 Å². The Morgan fingerprint density at radius 2 is 1.04 bits per heavy atom. The zero-order valence-electron chi connectivity index (χ0n) is 28.3. The molecule has 0 saturated heterocycles. The number of furan rings is 2. The Balaban J connectivity index is 1.20. The summed E-state index contributed by atoms with van der Waals surface area (Å²) in [5.41, 5.74) is 11.0. The van der Waals surface area contributed by atoms with Crippen molar-refractivity contribution in [1.29, 1.82) is 0 Å². The summed E-state index contributed by atoms with van der Waals surface area (Å²) in [6, 6.07) is 44.0. The van der Waals surface area contributed by atoms with E-state index >= 15 is 0 Å². The molecule has 1 atom stereocenters. The zero-order chi connectivity index (χ0) is 33.8. The van der Waals surface area contributed by atoms with Gasteiger partial charge in [-0.1, -0.05) is 113 Å². The summed E-state index contributed by atoms with van der Waals surface area (Å²) in [7, 11) is 0. The molecule has 0 fully saturated rings. The van der Waals surface area contributed by atoms with Crippen molar-refractivity contribution in [2.75, 3.05) is 0 Å². The maximum absolute atomic E-state index is 6.36. The van der Waals surface area contributed by atoms with Gasteiger partial charge in [-0.15, -0.1) is 0 Å². The Labute approximate surface area is 289 Å². The molecule has 3 aromatic heterocycles. The highest BCUT2D eigenvalue weighted by Gasteiger charge is 2.48. The smallest absolute Gasteiger partial charge is 0.164 e. The summed E-state index contributed by atoms with van der Waals surface area (Å²) in [5, 5.41) is 4.43. The van der Waals surface area contributed by atoms with Crippen LogP contribution in [0.2, 0.25) is 0 Å². The van der Waals surface area contributed by atoms with Crippen molar-refractivity contribution >= 4 is 43.9 Å². The van der Waals surface area contributed by atoms with Gasteiger partial charge in [-0.25, -0.2) is 15.0 Å². The van der Waals surface area contributed by atoms with Gasteiger partial charge >= 0.3 is 0 Å². The molecule has 3 heterocycles. The van der Waals surface area contributed by atoms with Crippen LogP contribution in [0, 0.1) is 5.41 Å². The third kappa shape index (κ3) is 4.04. The van der Waals surface area contributed by atoms with Gasteiger partial charge in [-0.05, 0) is 70.1 Å². The zero-order valence-corrected chi connectivity index (χ0v) is 28.3. The lowest BCUT2D eigenvalue weighted by Crippen LogP contribution is -2.36. The molecule has 0 amide bonds. The molecule has 0 N–H and O–H groups in total. The summed E-state index contributed by atoms with van der Waals surface area (Å²) >= 11 is 0. The molecule has 0 saturated carbocycles. The van der Waals surface area contributed by atoms with Crippen LogP contribution in [0.15, 0.2) is 136 Å². The second kappa shape index (κ2) is 10.2. The van der Waals surface area contributed by atoms with Crippen molar-refractivity contribution in [3.63, 3.8) is 0 Å². The van der Waals surface area contributed by atoms with Gasteiger partial charge in [-0.2, -0.15) is 0 Å². The van der Waals surface area contributed by atoms with E-state index in [-0.39, 0.29) is 10.8 Å². The Bertz CT molecular complexity index is 2820. The van der Waals surface area contributed by atoms with E-state index in [1.54, 1.807) is 0 Å². The monoisotopic (exact) mass is 647 g/mol. The van der Waals surface area contributed by atoms with E-state index in [4.69, 9.17) is 23.8 Å². The molecular weight excluding hydrogens is 615 g/mol. The second-order valence-electron chi connectivity index (χ2n) is 14.6. The van der Waals surface area contributed by atoms with Gasteiger partial charge in [0.15, 0.2) is 17.5 Å². The maximum atomic E-state index is 6.36. The lowest BCUT2D eigenvalue weighted by molar-refractivity contribution is 0.255. The summed E-state index contributed by atoms with van der Waals surface area (Å²) in [5.74, 6) is 1.89. The first-order chi connectivity index (χ1) is 24.3. The van der Waals surface area contributed by atoms with Gasteiger partial charge in [0.1, 0.15) is 22.3 Å². The molecule has 0 radical (unpaired) electrons. The van der Waals surface area contributed by atoms with Crippen molar-refractivity contribution in [3.8, 4) is 45.3 Å². The third-order valence-corrected chi connectivity index (χ3v) is 11.0. The molecule has 1 aliphatic rings. The standard InChI is InChI=1S/C45H33N3O2/c1-44(2,3)45(4)33-21-23-38-40(31-15-9-11-17-36(31)50-38)39(33)30-20-18-28(25-34(30)45)43-47-41(26-12-6-5-7-13-26)46-42(48-43)27-19-22-37-32(24-27)29-14-8-10-16-35(29)49-37/h5-25H,1-4H3. The summed E-state index contributed by atoms with van der Waals surface area (Å²) < 4.78 is 12.5. The highest BCUT2D eigenvalue weighted by molar-refractivity contribution is 6.15. The number of nitrogens with zero attached hydrogens (tertiary/aromatic N) is 3. The normalized spacial score (nSPS) is 15.7. The minimum atomic E-state index is -0.286. The first-order valence-electron chi connectivity index (χ1n) is 17.1. The van der Waals surface area contributed by atoms with E-state index in [9.17, 15) is 0 Å². The number of hydrogen-bond donors (Lipinski definition) is 0. The lowest BCUT2D eigenvalue weighted by Gasteiger charge is -2.41. The Morgan fingerprint density at radius 3 is 1.78 bits per heavy atom. The van der Waals surface area contributed by atoms with Crippen LogP contribution in [0.3, 0.4) is 0 Å². The SMILES string of the molecule is CC(C)(C)C1(C)c2cc(-c3nc(-c4ccccc4)nc(-c4ccc5oc6ccccc6c5c4)n3)ccc2-c2c1ccc1oc3ccccc3c21. The van der Waals surface area contributed by atoms with E-state index in [1.165, 1.54) is 27.6 Å². The molecule has 50 heavy (non-hydrogen) atoms. The van der Waals surface area contributed by atoms with Crippen LogP contribution in [-0.4, -0.2) is 15.0 Å². The Morgan fingerprint density at radius 1 is 0.480 bits per heavy atom. The fourth-order valence-electron chi connectivity index (χ4n) is 8.00. The Kier molecular flexibility index (Phi) is 5.91. The molecule has 1 aliphatic carbocycles. The van der Waals surface area contributed by atoms with Crippen LogP contribution < -0.4 is 0 Å². The largest absolute Gasteiger partial charge is 0.456 e. The summed E-state index contributed by atoms with van der Waals surface area (Å²) in [6.07, 6.45) is 0. The highest BCUT2D eigenvalue weighted by Crippen LogP contribution is 2.59. The van der Waals surface area contributed by atoms with Crippen molar-refractivity contribution in [2.45, 2.75) is 33.1 Å². The van der Waals surface area contributed by atoms with E-state index < -0.39 is 0 Å². The van der Waals surface area contributed by atoms with E-state index in [0.29, 0.717) is 17.5 Å². The molecule has 0 bridgehead atoms. The first-order valence-corrected chi connectivity index (χ1v) is 17.1. The fraction of sp³-hybridized carbons (Fsp3) is 0.133. The summed E-state index contributed by atoms with van der Waals surface area (Å²) in [6.45, 7) is 9.38. The average molecular weight is 648 g/mol. The number of benzene rings is 6. The summed E-state index contributed by atoms with van der Waals surface area (Å²) in [4.78, 5) is 15.3. The highest BCUT2D eigenvalue weighted by atomic mass is 16.3. The van der Waals surface area contributed by atoms with Gasteiger partial charge in [0, 0.05) is 43.7 Å². The van der Waals surface area contributed by atoms with Crippen LogP contribution in [-0.2, 0) is 5.41 Å².